The number of carbonyl (C=O) groups is 1. The van der Waals surface area contributed by atoms with Crippen LogP contribution in [0, 0.1) is 6.92 Å². The van der Waals surface area contributed by atoms with Crippen molar-refractivity contribution in [2.24, 2.45) is 7.05 Å². The first kappa shape index (κ1) is 16.5. The standard InChI is InChI=1S/C21H22N4O/c1-15-23-14-20(24(15)2)18-13-17(10-11-22-18)19-9-6-12-25(19)21(26)16-7-4-3-5-8-16/h3-5,7-8,10-11,13-14,19H,6,9,12H2,1-2H3. The molecule has 132 valence electrons. The van der Waals surface area contributed by atoms with Gasteiger partial charge in [0, 0.05) is 25.4 Å². The molecule has 1 fully saturated rings. The van der Waals surface area contributed by atoms with Crippen molar-refractivity contribution in [3.63, 3.8) is 0 Å². The van der Waals surface area contributed by atoms with Crippen LogP contribution < -0.4 is 0 Å². The molecule has 1 saturated heterocycles. The largest absolute Gasteiger partial charge is 0.332 e. The number of rotatable bonds is 3. The van der Waals surface area contributed by atoms with Crippen LogP contribution in [-0.4, -0.2) is 31.9 Å². The van der Waals surface area contributed by atoms with E-state index in [1.807, 2.05) is 72.2 Å². The molecule has 5 heteroatoms. The highest BCUT2D eigenvalue weighted by Gasteiger charge is 2.30. The van der Waals surface area contributed by atoms with Gasteiger partial charge in [-0.05, 0) is 49.6 Å². The zero-order valence-electron chi connectivity index (χ0n) is 15.1. The normalized spacial score (nSPS) is 16.8. The predicted octanol–water partition coefficient (Wildman–Crippen LogP) is 3.77. The topological polar surface area (TPSA) is 51.0 Å². The van der Waals surface area contributed by atoms with Crippen LogP contribution in [-0.2, 0) is 7.05 Å². The first-order valence-corrected chi connectivity index (χ1v) is 8.96. The first-order chi connectivity index (χ1) is 12.6. The number of carbonyl (C=O) groups excluding carboxylic acids is 1. The van der Waals surface area contributed by atoms with Crippen LogP contribution in [0.3, 0.4) is 0 Å². The number of hydrogen-bond acceptors (Lipinski definition) is 3. The summed E-state index contributed by atoms with van der Waals surface area (Å²) in [5.74, 6) is 1.05. The van der Waals surface area contributed by atoms with Crippen LogP contribution in [0.25, 0.3) is 11.4 Å². The number of aryl methyl sites for hydroxylation is 1. The van der Waals surface area contributed by atoms with Crippen LogP contribution in [0.1, 0.15) is 40.6 Å². The molecule has 1 aliphatic rings. The third-order valence-corrected chi connectivity index (χ3v) is 5.19. The molecule has 1 atom stereocenters. The molecule has 26 heavy (non-hydrogen) atoms. The lowest BCUT2D eigenvalue weighted by Crippen LogP contribution is -2.30. The van der Waals surface area contributed by atoms with Crippen molar-refractivity contribution in [2.75, 3.05) is 6.54 Å². The van der Waals surface area contributed by atoms with E-state index in [2.05, 4.69) is 16.0 Å². The average molecular weight is 346 g/mol. The van der Waals surface area contributed by atoms with Crippen LogP contribution in [0.15, 0.2) is 54.9 Å². The van der Waals surface area contributed by atoms with Crippen molar-refractivity contribution in [1.29, 1.82) is 0 Å². The van der Waals surface area contributed by atoms with Gasteiger partial charge in [0.2, 0.25) is 0 Å². The minimum Gasteiger partial charge on any atom is -0.332 e. The summed E-state index contributed by atoms with van der Waals surface area (Å²) in [5.41, 5.74) is 3.76. The fraction of sp³-hybridized carbons (Fsp3) is 0.286. The monoisotopic (exact) mass is 346 g/mol. The van der Waals surface area contributed by atoms with Gasteiger partial charge in [0.15, 0.2) is 0 Å². The lowest BCUT2D eigenvalue weighted by Gasteiger charge is -2.25. The summed E-state index contributed by atoms with van der Waals surface area (Å²) in [6.45, 7) is 2.77. The molecule has 0 aliphatic carbocycles. The van der Waals surface area contributed by atoms with E-state index in [4.69, 9.17) is 0 Å². The van der Waals surface area contributed by atoms with Gasteiger partial charge >= 0.3 is 0 Å². The number of benzene rings is 1. The second kappa shape index (κ2) is 6.75. The van der Waals surface area contributed by atoms with Gasteiger partial charge < -0.3 is 9.47 Å². The fourth-order valence-corrected chi connectivity index (χ4v) is 3.64. The van der Waals surface area contributed by atoms with Gasteiger partial charge in [-0.25, -0.2) is 4.98 Å². The number of aromatic nitrogens is 3. The Morgan fingerprint density at radius 1 is 1.15 bits per heavy atom. The minimum absolute atomic E-state index is 0.0961. The molecule has 0 spiro atoms. The van der Waals surface area contributed by atoms with Crippen LogP contribution >= 0.6 is 0 Å². The molecule has 0 N–H and O–H groups in total. The highest BCUT2D eigenvalue weighted by atomic mass is 16.2. The highest BCUT2D eigenvalue weighted by Crippen LogP contribution is 2.34. The Morgan fingerprint density at radius 2 is 1.96 bits per heavy atom. The van der Waals surface area contributed by atoms with Gasteiger partial charge in [-0.3, -0.25) is 9.78 Å². The summed E-state index contributed by atoms with van der Waals surface area (Å²) in [6.07, 6.45) is 5.68. The molecular formula is C21H22N4O. The maximum Gasteiger partial charge on any atom is 0.254 e. The van der Waals surface area contributed by atoms with Crippen molar-refractivity contribution in [2.45, 2.75) is 25.8 Å². The van der Waals surface area contributed by atoms with Gasteiger partial charge in [0.25, 0.3) is 5.91 Å². The molecule has 0 bridgehead atoms. The van der Waals surface area contributed by atoms with E-state index < -0.39 is 0 Å². The Labute approximate surface area is 153 Å². The van der Waals surface area contributed by atoms with Gasteiger partial charge in [-0.1, -0.05) is 18.2 Å². The molecular weight excluding hydrogens is 324 g/mol. The zero-order valence-corrected chi connectivity index (χ0v) is 15.1. The minimum atomic E-state index is 0.0961. The van der Waals surface area contributed by atoms with Gasteiger partial charge in [0.1, 0.15) is 5.82 Å². The Morgan fingerprint density at radius 3 is 2.69 bits per heavy atom. The first-order valence-electron chi connectivity index (χ1n) is 8.96. The highest BCUT2D eigenvalue weighted by molar-refractivity contribution is 5.94. The smallest absolute Gasteiger partial charge is 0.254 e. The molecule has 5 nitrogen and oxygen atoms in total. The number of pyridine rings is 1. The number of imidazole rings is 1. The molecule has 1 unspecified atom stereocenters. The summed E-state index contributed by atoms with van der Waals surface area (Å²) in [5, 5.41) is 0. The van der Waals surface area contributed by atoms with E-state index in [1.165, 1.54) is 0 Å². The molecule has 0 radical (unpaired) electrons. The predicted molar refractivity (Wildman–Crippen MR) is 101 cm³/mol. The third-order valence-electron chi connectivity index (χ3n) is 5.19. The SMILES string of the molecule is Cc1ncc(-c2cc(C3CCCN3C(=O)c3ccccc3)ccn2)n1C. The van der Waals surface area contributed by atoms with E-state index in [0.717, 1.165) is 47.7 Å². The Balaban J connectivity index is 1.65. The molecule has 1 aromatic carbocycles. The van der Waals surface area contributed by atoms with Crippen LogP contribution in [0.5, 0.6) is 0 Å². The van der Waals surface area contributed by atoms with Crippen molar-refractivity contribution in [3.8, 4) is 11.4 Å². The molecule has 1 amide bonds. The van der Waals surface area contributed by atoms with Crippen LogP contribution in [0.4, 0.5) is 0 Å². The molecule has 3 heterocycles. The number of nitrogens with zero attached hydrogens (tertiary/aromatic N) is 4. The lowest BCUT2D eigenvalue weighted by atomic mass is 10.0. The summed E-state index contributed by atoms with van der Waals surface area (Å²) in [4.78, 5) is 23.8. The van der Waals surface area contributed by atoms with Crippen molar-refractivity contribution in [3.05, 3.63) is 71.8 Å². The molecule has 4 rings (SSSR count). The van der Waals surface area contributed by atoms with Crippen molar-refractivity contribution >= 4 is 5.91 Å². The summed E-state index contributed by atoms with van der Waals surface area (Å²) in [7, 11) is 1.99. The maximum absolute atomic E-state index is 12.9. The van der Waals surface area contributed by atoms with Gasteiger partial charge in [0.05, 0.1) is 23.6 Å². The van der Waals surface area contributed by atoms with E-state index in [0.29, 0.717) is 0 Å². The Bertz CT molecular complexity index is 932. The van der Waals surface area contributed by atoms with E-state index >= 15 is 0 Å². The molecule has 2 aromatic heterocycles. The van der Waals surface area contributed by atoms with E-state index in [9.17, 15) is 4.79 Å². The van der Waals surface area contributed by atoms with Crippen molar-refractivity contribution in [1.82, 2.24) is 19.4 Å². The fourth-order valence-electron chi connectivity index (χ4n) is 3.64. The summed E-state index contributed by atoms with van der Waals surface area (Å²) < 4.78 is 2.04. The number of amides is 1. The van der Waals surface area contributed by atoms with Gasteiger partial charge in [-0.2, -0.15) is 0 Å². The summed E-state index contributed by atoms with van der Waals surface area (Å²) >= 11 is 0. The number of hydrogen-bond donors (Lipinski definition) is 0. The van der Waals surface area contributed by atoms with E-state index in [1.54, 1.807) is 0 Å². The molecule has 0 saturated carbocycles. The number of likely N-dealkylation sites (tertiary alicyclic amines) is 1. The third kappa shape index (κ3) is 2.90. The average Bonchev–Trinajstić information content (AvgIpc) is 3.30. The molecule has 1 aliphatic heterocycles. The van der Waals surface area contributed by atoms with Crippen molar-refractivity contribution < 1.29 is 4.79 Å². The lowest BCUT2D eigenvalue weighted by molar-refractivity contribution is 0.0735. The second-order valence-corrected chi connectivity index (χ2v) is 6.75. The maximum atomic E-state index is 12.9. The van der Waals surface area contributed by atoms with Crippen LogP contribution in [0.2, 0.25) is 0 Å². The Hall–Kier alpha value is -2.95. The summed E-state index contributed by atoms with van der Waals surface area (Å²) in [6, 6.07) is 13.7. The quantitative estimate of drug-likeness (QED) is 0.725. The van der Waals surface area contributed by atoms with Gasteiger partial charge in [-0.15, -0.1) is 0 Å². The van der Waals surface area contributed by atoms with E-state index in [-0.39, 0.29) is 11.9 Å². The second-order valence-electron chi connectivity index (χ2n) is 6.75. The molecule has 3 aromatic rings. The Kier molecular flexibility index (Phi) is 4.29. The zero-order chi connectivity index (χ0) is 18.1.